The van der Waals surface area contributed by atoms with Gasteiger partial charge in [-0.1, -0.05) is 26.0 Å². The topological polar surface area (TPSA) is 243 Å². The number of carbonyl (C=O) groups is 5. The van der Waals surface area contributed by atoms with Crippen molar-refractivity contribution in [1.29, 1.82) is 0 Å². The van der Waals surface area contributed by atoms with Crippen molar-refractivity contribution in [2.75, 3.05) is 0 Å². The van der Waals surface area contributed by atoms with Crippen molar-refractivity contribution in [2.45, 2.75) is 70.1 Å². The van der Waals surface area contributed by atoms with E-state index in [0.717, 1.165) is 0 Å². The third kappa shape index (κ3) is 10.7. The van der Waals surface area contributed by atoms with Crippen molar-refractivity contribution < 1.29 is 34.2 Å². The molecule has 1 aromatic heterocycles. The minimum absolute atomic E-state index is 0.000350. The zero-order valence-electron chi connectivity index (χ0n) is 22.4. The number of phenols is 1. The van der Waals surface area contributed by atoms with Gasteiger partial charge in [0.2, 0.25) is 23.6 Å². The molecule has 0 aliphatic carbocycles. The molecular formula is C26H37N7O7. The molecule has 1 aromatic carbocycles. The van der Waals surface area contributed by atoms with Gasteiger partial charge in [-0.15, -0.1) is 0 Å². The van der Waals surface area contributed by atoms with E-state index >= 15 is 0 Å². The molecule has 4 atom stereocenters. The molecule has 218 valence electrons. The van der Waals surface area contributed by atoms with Crippen LogP contribution in [0.25, 0.3) is 0 Å². The largest absolute Gasteiger partial charge is 0.508 e. The number of aromatic nitrogens is 2. The average Bonchev–Trinajstić information content (AvgIpc) is 3.40. The van der Waals surface area contributed by atoms with Gasteiger partial charge in [0.15, 0.2) is 0 Å². The van der Waals surface area contributed by atoms with Crippen LogP contribution in [-0.2, 0) is 36.8 Å². The van der Waals surface area contributed by atoms with Crippen LogP contribution in [0.15, 0.2) is 36.8 Å². The summed E-state index contributed by atoms with van der Waals surface area (Å²) in [5.74, 6) is -4.01. The summed E-state index contributed by atoms with van der Waals surface area (Å²) in [5, 5.41) is 26.8. The van der Waals surface area contributed by atoms with Crippen LogP contribution in [0.3, 0.4) is 0 Å². The second-order valence-electron chi connectivity index (χ2n) is 9.91. The van der Waals surface area contributed by atoms with Gasteiger partial charge in [0, 0.05) is 31.2 Å². The number of phenolic OH excluding ortho intramolecular Hbond substituents is 1. The number of nitrogens with two attached hydrogens (primary N) is 2. The van der Waals surface area contributed by atoms with E-state index in [1.165, 1.54) is 36.8 Å². The number of benzene rings is 1. The minimum Gasteiger partial charge on any atom is -0.508 e. The first-order valence-electron chi connectivity index (χ1n) is 12.8. The Balaban J connectivity index is 2.19. The number of carboxylic acids is 1. The third-order valence-electron chi connectivity index (χ3n) is 5.98. The lowest BCUT2D eigenvalue weighted by Crippen LogP contribution is -2.58. The molecule has 0 aliphatic rings. The monoisotopic (exact) mass is 559 g/mol. The molecule has 0 aliphatic heterocycles. The van der Waals surface area contributed by atoms with Crippen LogP contribution in [-0.4, -0.2) is 73.9 Å². The Kier molecular flexibility index (Phi) is 12.1. The van der Waals surface area contributed by atoms with Gasteiger partial charge in [-0.2, -0.15) is 0 Å². The van der Waals surface area contributed by atoms with Crippen LogP contribution >= 0.6 is 0 Å². The highest BCUT2D eigenvalue weighted by Crippen LogP contribution is 2.12. The smallest absolute Gasteiger partial charge is 0.326 e. The van der Waals surface area contributed by atoms with Gasteiger partial charge in [0.1, 0.15) is 23.9 Å². The number of nitrogens with one attached hydrogen (secondary N) is 4. The van der Waals surface area contributed by atoms with Crippen LogP contribution in [0.2, 0.25) is 0 Å². The summed E-state index contributed by atoms with van der Waals surface area (Å²) in [6.45, 7) is 3.68. The van der Waals surface area contributed by atoms with Gasteiger partial charge in [0.05, 0.1) is 12.4 Å². The standard InChI is InChI=1S/C26H37N7O7/c1-14(2)9-19(31-23(36)18(27)7-8-22(28)35)24(37)32-20(11-16-12-29-13-30-16)25(38)33-21(26(39)40)10-15-3-5-17(34)6-4-15/h3-6,12-14,18-21,34H,7-11,27H2,1-2H3,(H2,28,35)(H,29,30)(H,31,36)(H,32,37)(H,33,38)(H,39,40). The van der Waals surface area contributed by atoms with Crippen LogP contribution in [0.1, 0.15) is 44.4 Å². The number of nitrogens with zero attached hydrogens (tertiary/aromatic N) is 1. The molecule has 0 bridgehead atoms. The van der Waals surface area contributed by atoms with Crippen molar-refractivity contribution in [1.82, 2.24) is 25.9 Å². The molecule has 0 radical (unpaired) electrons. The number of aromatic hydroxyl groups is 1. The predicted molar refractivity (Wildman–Crippen MR) is 143 cm³/mol. The second-order valence-corrected chi connectivity index (χ2v) is 9.91. The quantitative estimate of drug-likeness (QED) is 0.127. The number of primary amides is 1. The molecule has 4 amide bonds. The second kappa shape index (κ2) is 15.2. The van der Waals surface area contributed by atoms with Crippen LogP contribution in [0, 0.1) is 5.92 Å². The normalized spacial score (nSPS) is 14.0. The summed E-state index contributed by atoms with van der Waals surface area (Å²) in [4.78, 5) is 68.9. The SMILES string of the molecule is CC(C)CC(NC(=O)C(N)CCC(N)=O)C(=O)NC(Cc1cnc[nH]1)C(=O)NC(Cc1ccc(O)cc1)C(=O)O. The van der Waals surface area contributed by atoms with Crippen LogP contribution < -0.4 is 27.4 Å². The lowest BCUT2D eigenvalue weighted by Gasteiger charge is -2.26. The number of rotatable bonds is 16. The Hall–Kier alpha value is -4.46. The highest BCUT2D eigenvalue weighted by atomic mass is 16.4. The summed E-state index contributed by atoms with van der Waals surface area (Å²) < 4.78 is 0. The van der Waals surface area contributed by atoms with Crippen molar-refractivity contribution in [3.8, 4) is 5.75 Å². The lowest BCUT2D eigenvalue weighted by atomic mass is 10.0. The number of carbonyl (C=O) groups excluding carboxylic acids is 4. The third-order valence-corrected chi connectivity index (χ3v) is 5.98. The Morgan fingerprint density at radius 2 is 1.52 bits per heavy atom. The summed E-state index contributed by atoms with van der Waals surface area (Å²) in [6, 6.07) is 1.20. The molecule has 1 heterocycles. The molecule has 40 heavy (non-hydrogen) atoms. The van der Waals surface area contributed by atoms with E-state index < -0.39 is 53.8 Å². The highest BCUT2D eigenvalue weighted by molar-refractivity contribution is 5.94. The molecule has 0 saturated heterocycles. The van der Waals surface area contributed by atoms with Gasteiger partial charge < -0.3 is 42.6 Å². The van der Waals surface area contributed by atoms with Gasteiger partial charge in [0.25, 0.3) is 0 Å². The Morgan fingerprint density at radius 3 is 2.08 bits per heavy atom. The maximum atomic E-state index is 13.3. The number of hydrogen-bond acceptors (Lipinski definition) is 8. The summed E-state index contributed by atoms with van der Waals surface area (Å²) in [6.07, 6.45) is 2.87. The Morgan fingerprint density at radius 1 is 0.925 bits per heavy atom. The predicted octanol–water partition coefficient (Wildman–Crippen LogP) is -0.922. The number of hydrogen-bond donors (Lipinski definition) is 8. The lowest BCUT2D eigenvalue weighted by molar-refractivity contribution is -0.142. The molecule has 2 rings (SSSR count). The van der Waals surface area contributed by atoms with E-state index in [0.29, 0.717) is 11.3 Å². The van der Waals surface area contributed by atoms with Gasteiger partial charge >= 0.3 is 5.97 Å². The molecule has 4 unspecified atom stereocenters. The van der Waals surface area contributed by atoms with Gasteiger partial charge in [-0.3, -0.25) is 19.2 Å². The van der Waals surface area contributed by atoms with E-state index in [2.05, 4.69) is 25.9 Å². The van der Waals surface area contributed by atoms with E-state index in [9.17, 15) is 34.2 Å². The highest BCUT2D eigenvalue weighted by Gasteiger charge is 2.31. The average molecular weight is 560 g/mol. The Bertz CT molecular complexity index is 1150. The fraction of sp³-hybridized carbons (Fsp3) is 0.462. The van der Waals surface area contributed by atoms with Crippen LogP contribution in [0.5, 0.6) is 5.75 Å². The van der Waals surface area contributed by atoms with E-state index in [-0.39, 0.29) is 43.8 Å². The first kappa shape index (κ1) is 31.8. The first-order valence-corrected chi connectivity index (χ1v) is 12.8. The van der Waals surface area contributed by atoms with Crippen molar-refractivity contribution >= 4 is 29.6 Å². The first-order chi connectivity index (χ1) is 18.8. The van der Waals surface area contributed by atoms with Crippen molar-refractivity contribution in [3.63, 3.8) is 0 Å². The molecule has 14 nitrogen and oxygen atoms in total. The fourth-order valence-electron chi connectivity index (χ4n) is 3.85. The maximum absolute atomic E-state index is 13.3. The Labute approximate surface area is 231 Å². The summed E-state index contributed by atoms with van der Waals surface area (Å²) >= 11 is 0. The number of amides is 4. The number of aromatic amines is 1. The van der Waals surface area contributed by atoms with Crippen molar-refractivity contribution in [3.05, 3.63) is 48.0 Å². The number of aliphatic carboxylic acids is 1. The van der Waals surface area contributed by atoms with Gasteiger partial charge in [-0.05, 0) is 36.5 Å². The molecule has 2 aromatic rings. The fourth-order valence-corrected chi connectivity index (χ4v) is 3.85. The molecule has 0 fully saturated rings. The summed E-state index contributed by atoms with van der Waals surface area (Å²) in [5.41, 5.74) is 12.0. The molecule has 0 spiro atoms. The number of H-pyrrole nitrogens is 1. The molecule has 10 N–H and O–H groups in total. The minimum atomic E-state index is -1.33. The van der Waals surface area contributed by atoms with E-state index in [4.69, 9.17) is 11.5 Å². The zero-order valence-corrected chi connectivity index (χ0v) is 22.4. The number of imidazole rings is 1. The molecule has 14 heteroatoms. The van der Waals surface area contributed by atoms with E-state index in [1.54, 1.807) is 0 Å². The molecule has 0 saturated carbocycles. The zero-order chi connectivity index (χ0) is 29.8. The van der Waals surface area contributed by atoms with Gasteiger partial charge in [-0.25, -0.2) is 9.78 Å². The molecular weight excluding hydrogens is 522 g/mol. The van der Waals surface area contributed by atoms with Crippen molar-refractivity contribution in [2.24, 2.45) is 17.4 Å². The van der Waals surface area contributed by atoms with Crippen LogP contribution in [0.4, 0.5) is 0 Å². The maximum Gasteiger partial charge on any atom is 0.326 e. The summed E-state index contributed by atoms with van der Waals surface area (Å²) in [7, 11) is 0. The number of carboxylic acid groups (broad SMARTS) is 1. The van der Waals surface area contributed by atoms with E-state index in [1.807, 2.05) is 13.8 Å².